The van der Waals surface area contributed by atoms with Crippen molar-refractivity contribution < 1.29 is 13.6 Å². The molecular formula is C12H12F2N4O. The van der Waals surface area contributed by atoms with Gasteiger partial charge in [0.25, 0.3) is 0 Å². The quantitative estimate of drug-likeness (QED) is 0.469. The van der Waals surface area contributed by atoms with Gasteiger partial charge < -0.3 is 4.90 Å². The minimum atomic E-state index is -0.661. The monoisotopic (exact) mass is 266 g/mol. The summed E-state index contributed by atoms with van der Waals surface area (Å²) in [5.41, 5.74) is 8.51. The number of azide groups is 1. The number of hydrogen-bond acceptors (Lipinski definition) is 2. The summed E-state index contributed by atoms with van der Waals surface area (Å²) in [5.74, 6) is -1.45. The van der Waals surface area contributed by atoms with Crippen molar-refractivity contribution in [2.75, 3.05) is 13.1 Å². The Balaban J connectivity index is 2.03. The van der Waals surface area contributed by atoms with Gasteiger partial charge in [-0.3, -0.25) is 4.79 Å². The van der Waals surface area contributed by atoms with E-state index in [1.807, 2.05) is 0 Å². The predicted octanol–water partition coefficient (Wildman–Crippen LogP) is 2.62. The number of rotatable bonds is 4. The van der Waals surface area contributed by atoms with Gasteiger partial charge in [0.1, 0.15) is 11.6 Å². The molecule has 0 spiro atoms. The van der Waals surface area contributed by atoms with Crippen LogP contribution in [0.3, 0.4) is 0 Å². The largest absolute Gasteiger partial charge is 0.338 e. The molecule has 0 bridgehead atoms. The molecule has 0 radical (unpaired) electrons. The summed E-state index contributed by atoms with van der Waals surface area (Å²) in [6.07, 6.45) is 0.293. The molecule has 2 rings (SSSR count). The zero-order chi connectivity index (χ0) is 13.8. The van der Waals surface area contributed by atoms with Gasteiger partial charge in [-0.05, 0) is 17.5 Å². The first kappa shape index (κ1) is 13.3. The van der Waals surface area contributed by atoms with Crippen molar-refractivity contribution in [3.63, 3.8) is 0 Å². The summed E-state index contributed by atoms with van der Waals surface area (Å²) in [4.78, 5) is 15.9. The number of halogens is 2. The van der Waals surface area contributed by atoms with Gasteiger partial charge in [-0.2, -0.15) is 0 Å². The summed E-state index contributed by atoms with van der Waals surface area (Å²) < 4.78 is 26.3. The maximum absolute atomic E-state index is 13.5. The molecular weight excluding hydrogens is 254 g/mol. The fourth-order valence-electron chi connectivity index (χ4n) is 2.14. The molecule has 0 aromatic heterocycles. The molecule has 1 atom stereocenters. The predicted molar refractivity (Wildman–Crippen MR) is 63.9 cm³/mol. The number of amides is 1. The van der Waals surface area contributed by atoms with Gasteiger partial charge in [-0.1, -0.05) is 11.2 Å². The Labute approximate surface area is 108 Å². The standard InChI is InChI=1S/C12H12F2N4O/c13-10-2-1-9(11(14)4-10)7-18-6-8(3-12(18)19)5-16-17-15/h1-2,4,8H,3,5-7H2. The zero-order valence-corrected chi connectivity index (χ0v) is 10.1. The Bertz CT molecular complexity index is 543. The summed E-state index contributed by atoms with van der Waals surface area (Å²) in [6.45, 7) is 0.789. The molecule has 1 aliphatic heterocycles. The van der Waals surface area contributed by atoms with Crippen LogP contribution in [0.5, 0.6) is 0 Å². The van der Waals surface area contributed by atoms with Gasteiger partial charge in [-0.25, -0.2) is 8.78 Å². The third-order valence-electron chi connectivity index (χ3n) is 3.07. The van der Waals surface area contributed by atoms with Gasteiger partial charge in [0.05, 0.1) is 0 Å². The first-order valence-corrected chi connectivity index (χ1v) is 5.82. The van der Waals surface area contributed by atoms with Crippen LogP contribution >= 0.6 is 0 Å². The molecule has 1 aromatic carbocycles. The second-order valence-corrected chi connectivity index (χ2v) is 4.49. The van der Waals surface area contributed by atoms with Crippen molar-refractivity contribution in [1.29, 1.82) is 0 Å². The molecule has 1 fully saturated rings. The molecule has 1 amide bonds. The van der Waals surface area contributed by atoms with Gasteiger partial charge in [0.2, 0.25) is 5.91 Å². The molecule has 1 aliphatic rings. The molecule has 100 valence electrons. The van der Waals surface area contributed by atoms with Gasteiger partial charge >= 0.3 is 0 Å². The molecule has 0 N–H and O–H groups in total. The number of benzene rings is 1. The second kappa shape index (κ2) is 5.67. The molecule has 1 saturated heterocycles. The van der Waals surface area contributed by atoms with Gasteiger partial charge in [0, 0.05) is 42.6 Å². The summed E-state index contributed by atoms with van der Waals surface area (Å²) in [6, 6.07) is 3.29. The van der Waals surface area contributed by atoms with Crippen molar-refractivity contribution in [3.05, 3.63) is 45.8 Å². The maximum atomic E-state index is 13.5. The Morgan fingerprint density at radius 2 is 2.26 bits per heavy atom. The number of hydrogen-bond donors (Lipinski definition) is 0. The van der Waals surface area contributed by atoms with E-state index in [0.717, 1.165) is 12.1 Å². The lowest BCUT2D eigenvalue weighted by atomic mass is 10.1. The van der Waals surface area contributed by atoms with E-state index in [4.69, 9.17) is 5.53 Å². The van der Waals surface area contributed by atoms with Crippen LogP contribution in [0.25, 0.3) is 10.4 Å². The number of carbonyl (C=O) groups is 1. The fourth-order valence-corrected chi connectivity index (χ4v) is 2.14. The minimum Gasteiger partial charge on any atom is -0.338 e. The topological polar surface area (TPSA) is 69.1 Å². The SMILES string of the molecule is [N-]=[N+]=NCC1CC(=O)N(Cc2ccc(F)cc2F)C1. The molecule has 0 aliphatic carbocycles. The van der Waals surface area contributed by atoms with Crippen LogP contribution in [0.15, 0.2) is 23.3 Å². The van der Waals surface area contributed by atoms with E-state index in [9.17, 15) is 13.6 Å². The summed E-state index contributed by atoms with van der Waals surface area (Å²) >= 11 is 0. The number of carbonyl (C=O) groups excluding carboxylic acids is 1. The molecule has 0 saturated carbocycles. The average Bonchev–Trinajstić information content (AvgIpc) is 2.71. The van der Waals surface area contributed by atoms with Crippen LogP contribution in [0.2, 0.25) is 0 Å². The highest BCUT2D eigenvalue weighted by atomic mass is 19.1. The zero-order valence-electron chi connectivity index (χ0n) is 10.1. The lowest BCUT2D eigenvalue weighted by molar-refractivity contribution is -0.128. The van der Waals surface area contributed by atoms with Crippen molar-refractivity contribution >= 4 is 5.91 Å². The lowest BCUT2D eigenvalue weighted by Gasteiger charge is -2.16. The van der Waals surface area contributed by atoms with Crippen LogP contribution in [-0.4, -0.2) is 23.9 Å². The van der Waals surface area contributed by atoms with Crippen LogP contribution < -0.4 is 0 Å². The third-order valence-corrected chi connectivity index (χ3v) is 3.07. The van der Waals surface area contributed by atoms with E-state index in [0.29, 0.717) is 13.0 Å². The number of nitrogens with zero attached hydrogens (tertiary/aromatic N) is 4. The van der Waals surface area contributed by atoms with Gasteiger partial charge in [-0.15, -0.1) is 0 Å². The van der Waals surface area contributed by atoms with E-state index < -0.39 is 11.6 Å². The highest BCUT2D eigenvalue weighted by Crippen LogP contribution is 2.21. The molecule has 19 heavy (non-hydrogen) atoms. The van der Waals surface area contributed by atoms with Crippen LogP contribution in [-0.2, 0) is 11.3 Å². The average molecular weight is 266 g/mol. The highest BCUT2D eigenvalue weighted by Gasteiger charge is 2.29. The van der Waals surface area contributed by atoms with E-state index in [-0.39, 0.29) is 30.5 Å². The molecule has 1 heterocycles. The third kappa shape index (κ3) is 3.20. The highest BCUT2D eigenvalue weighted by molar-refractivity contribution is 5.78. The molecule has 7 heteroatoms. The van der Waals surface area contributed by atoms with Crippen LogP contribution in [0.4, 0.5) is 8.78 Å². The Kier molecular flexibility index (Phi) is 3.97. The Morgan fingerprint density at radius 3 is 2.95 bits per heavy atom. The molecule has 5 nitrogen and oxygen atoms in total. The van der Waals surface area contributed by atoms with Crippen LogP contribution in [0.1, 0.15) is 12.0 Å². The van der Waals surface area contributed by atoms with Crippen molar-refractivity contribution in [1.82, 2.24) is 4.90 Å². The summed E-state index contributed by atoms with van der Waals surface area (Å²) in [7, 11) is 0. The molecule has 1 unspecified atom stereocenters. The number of likely N-dealkylation sites (tertiary alicyclic amines) is 1. The van der Waals surface area contributed by atoms with E-state index >= 15 is 0 Å². The van der Waals surface area contributed by atoms with Crippen molar-refractivity contribution in [3.8, 4) is 0 Å². The fraction of sp³-hybridized carbons (Fsp3) is 0.417. The van der Waals surface area contributed by atoms with Crippen molar-refractivity contribution in [2.45, 2.75) is 13.0 Å². The first-order chi connectivity index (χ1) is 9.10. The normalized spacial score (nSPS) is 18.5. The van der Waals surface area contributed by atoms with E-state index in [1.165, 1.54) is 11.0 Å². The Hall–Kier alpha value is -2.14. The smallest absolute Gasteiger partial charge is 0.223 e. The second-order valence-electron chi connectivity index (χ2n) is 4.49. The van der Waals surface area contributed by atoms with Gasteiger partial charge in [0.15, 0.2) is 0 Å². The minimum absolute atomic E-state index is 0.0353. The van der Waals surface area contributed by atoms with Crippen LogP contribution in [0, 0.1) is 17.6 Å². The molecule has 1 aromatic rings. The summed E-state index contributed by atoms with van der Waals surface area (Å²) in [5, 5.41) is 3.44. The Morgan fingerprint density at radius 1 is 1.47 bits per heavy atom. The first-order valence-electron chi connectivity index (χ1n) is 5.82. The van der Waals surface area contributed by atoms with Crippen molar-refractivity contribution in [2.24, 2.45) is 11.0 Å². The van der Waals surface area contributed by atoms with E-state index in [2.05, 4.69) is 10.0 Å². The lowest BCUT2D eigenvalue weighted by Crippen LogP contribution is -2.25. The van der Waals surface area contributed by atoms with E-state index in [1.54, 1.807) is 0 Å². The maximum Gasteiger partial charge on any atom is 0.223 e.